The first-order valence-corrected chi connectivity index (χ1v) is 8.24. The molecule has 0 saturated carbocycles. The van der Waals surface area contributed by atoms with Crippen LogP contribution < -0.4 is 5.32 Å². The van der Waals surface area contributed by atoms with Crippen LogP contribution in [0.1, 0.15) is 11.1 Å². The Kier molecular flexibility index (Phi) is 4.99. The number of alkyl halides is 1. The molecular formula is C19H19ClN2O. The number of H-pyrrole nitrogens is 1. The summed E-state index contributed by atoms with van der Waals surface area (Å²) in [6, 6.07) is 18.0. The van der Waals surface area contributed by atoms with Crippen LogP contribution in [0.5, 0.6) is 0 Å². The number of aromatic nitrogens is 1. The van der Waals surface area contributed by atoms with Crippen LogP contribution in [0, 0.1) is 0 Å². The number of nitrogens with one attached hydrogen (secondary N) is 2. The number of fused-ring (bicyclic) bond motifs is 1. The molecule has 1 amide bonds. The summed E-state index contributed by atoms with van der Waals surface area (Å²) < 4.78 is 0. The zero-order valence-electron chi connectivity index (χ0n) is 12.8. The van der Waals surface area contributed by atoms with E-state index in [0.717, 1.165) is 22.9 Å². The van der Waals surface area contributed by atoms with Gasteiger partial charge in [-0.05, 0) is 23.6 Å². The molecule has 1 atom stereocenters. The molecule has 0 bridgehead atoms. The van der Waals surface area contributed by atoms with Gasteiger partial charge in [0.2, 0.25) is 5.91 Å². The smallest absolute Gasteiger partial charge is 0.224 e. The Bertz CT molecular complexity index is 782. The maximum absolute atomic E-state index is 12.3. The maximum atomic E-state index is 12.3. The molecule has 0 aliphatic rings. The van der Waals surface area contributed by atoms with Gasteiger partial charge in [0.25, 0.3) is 0 Å². The van der Waals surface area contributed by atoms with Crippen molar-refractivity contribution in [1.82, 2.24) is 10.3 Å². The van der Waals surface area contributed by atoms with Crippen molar-refractivity contribution in [2.24, 2.45) is 0 Å². The van der Waals surface area contributed by atoms with Gasteiger partial charge in [0, 0.05) is 29.0 Å². The van der Waals surface area contributed by atoms with Crippen LogP contribution in [0.2, 0.25) is 0 Å². The number of para-hydroxylation sites is 1. The molecule has 0 radical (unpaired) electrons. The minimum absolute atomic E-state index is 0.00339. The number of hydrogen-bond donors (Lipinski definition) is 2. The Hall–Kier alpha value is -2.26. The molecule has 3 aromatic rings. The Morgan fingerprint density at radius 1 is 1.09 bits per heavy atom. The van der Waals surface area contributed by atoms with Crippen LogP contribution in [-0.2, 0) is 17.6 Å². The van der Waals surface area contributed by atoms with Crippen molar-refractivity contribution < 1.29 is 4.79 Å². The number of amides is 1. The van der Waals surface area contributed by atoms with Crippen LogP contribution in [0.4, 0.5) is 0 Å². The maximum Gasteiger partial charge on any atom is 0.224 e. The molecule has 4 heteroatoms. The van der Waals surface area contributed by atoms with E-state index in [0.29, 0.717) is 12.3 Å². The first-order valence-electron chi connectivity index (χ1n) is 7.70. The second-order valence-electron chi connectivity index (χ2n) is 5.64. The van der Waals surface area contributed by atoms with Crippen LogP contribution in [-0.4, -0.2) is 22.8 Å². The van der Waals surface area contributed by atoms with Gasteiger partial charge in [-0.1, -0.05) is 48.5 Å². The fourth-order valence-corrected chi connectivity index (χ4v) is 2.96. The molecule has 0 unspecified atom stereocenters. The highest BCUT2D eigenvalue weighted by molar-refractivity contribution is 6.18. The van der Waals surface area contributed by atoms with Gasteiger partial charge < -0.3 is 10.3 Å². The number of carbonyl (C=O) groups is 1. The van der Waals surface area contributed by atoms with Crippen molar-refractivity contribution >= 4 is 28.4 Å². The molecule has 1 aromatic heterocycles. The monoisotopic (exact) mass is 326 g/mol. The van der Waals surface area contributed by atoms with Gasteiger partial charge in [-0.3, -0.25) is 4.79 Å². The standard InChI is InChI=1S/C19H19ClN2O/c20-12-16(10-14-6-2-1-3-7-14)22-19(23)11-15-13-21-18-9-5-4-8-17(15)18/h1-9,13,16,21H,10-12H2,(H,22,23)/t16-/m0/s1. The Labute approximate surface area is 140 Å². The molecule has 0 aliphatic heterocycles. The van der Waals surface area contributed by atoms with E-state index in [9.17, 15) is 4.79 Å². The Morgan fingerprint density at radius 2 is 1.83 bits per heavy atom. The highest BCUT2D eigenvalue weighted by Gasteiger charge is 2.14. The third-order valence-corrected chi connectivity index (χ3v) is 4.27. The molecule has 1 heterocycles. The summed E-state index contributed by atoms with van der Waals surface area (Å²) in [7, 11) is 0. The van der Waals surface area contributed by atoms with Gasteiger partial charge in [0.15, 0.2) is 0 Å². The lowest BCUT2D eigenvalue weighted by Gasteiger charge is -2.16. The highest BCUT2D eigenvalue weighted by Crippen LogP contribution is 2.18. The van der Waals surface area contributed by atoms with E-state index in [4.69, 9.17) is 11.6 Å². The van der Waals surface area contributed by atoms with Gasteiger partial charge in [-0.15, -0.1) is 11.6 Å². The van der Waals surface area contributed by atoms with Crippen LogP contribution in [0.25, 0.3) is 10.9 Å². The second kappa shape index (κ2) is 7.34. The van der Waals surface area contributed by atoms with Crippen molar-refractivity contribution in [2.75, 3.05) is 5.88 Å². The van der Waals surface area contributed by atoms with Crippen molar-refractivity contribution in [3.05, 3.63) is 71.9 Å². The van der Waals surface area contributed by atoms with E-state index >= 15 is 0 Å². The molecule has 0 saturated heterocycles. The average molecular weight is 327 g/mol. The molecule has 2 aromatic carbocycles. The summed E-state index contributed by atoms with van der Waals surface area (Å²) in [6.45, 7) is 0. The SMILES string of the molecule is O=C(Cc1c[nH]c2ccccc12)N[C@H](CCl)Cc1ccccc1. The summed E-state index contributed by atoms with van der Waals surface area (Å²) in [5.74, 6) is 0.394. The predicted molar refractivity (Wildman–Crippen MR) is 94.8 cm³/mol. The van der Waals surface area contributed by atoms with E-state index < -0.39 is 0 Å². The fourth-order valence-electron chi connectivity index (χ4n) is 2.77. The van der Waals surface area contributed by atoms with E-state index in [-0.39, 0.29) is 11.9 Å². The summed E-state index contributed by atoms with van der Waals surface area (Å²) in [5.41, 5.74) is 3.23. The van der Waals surface area contributed by atoms with E-state index in [2.05, 4.69) is 10.3 Å². The summed E-state index contributed by atoms with van der Waals surface area (Å²) in [4.78, 5) is 15.5. The zero-order valence-corrected chi connectivity index (χ0v) is 13.5. The average Bonchev–Trinajstić information content (AvgIpc) is 2.98. The van der Waals surface area contributed by atoms with E-state index in [1.54, 1.807) is 0 Å². The van der Waals surface area contributed by atoms with Crippen molar-refractivity contribution in [3.8, 4) is 0 Å². The molecule has 118 valence electrons. The van der Waals surface area contributed by atoms with E-state index in [1.807, 2.05) is 60.8 Å². The molecule has 0 aliphatic carbocycles. The predicted octanol–water partition coefficient (Wildman–Crippen LogP) is 3.68. The van der Waals surface area contributed by atoms with Crippen LogP contribution >= 0.6 is 11.6 Å². The number of hydrogen-bond acceptors (Lipinski definition) is 1. The third-order valence-electron chi connectivity index (χ3n) is 3.90. The second-order valence-corrected chi connectivity index (χ2v) is 5.95. The van der Waals surface area contributed by atoms with Crippen molar-refractivity contribution in [2.45, 2.75) is 18.9 Å². The molecule has 3 nitrogen and oxygen atoms in total. The summed E-state index contributed by atoms with van der Waals surface area (Å²) in [5, 5.41) is 4.12. The van der Waals surface area contributed by atoms with Gasteiger partial charge in [-0.25, -0.2) is 0 Å². The van der Waals surface area contributed by atoms with Crippen LogP contribution in [0.15, 0.2) is 60.8 Å². The summed E-state index contributed by atoms with van der Waals surface area (Å²) >= 11 is 6.02. The van der Waals surface area contributed by atoms with E-state index in [1.165, 1.54) is 5.56 Å². The number of rotatable bonds is 6. The van der Waals surface area contributed by atoms with Gasteiger partial charge in [0.1, 0.15) is 0 Å². The molecule has 0 fully saturated rings. The van der Waals surface area contributed by atoms with Gasteiger partial charge in [0.05, 0.1) is 6.42 Å². The lowest BCUT2D eigenvalue weighted by atomic mass is 10.1. The molecule has 3 rings (SSSR count). The normalized spacial score (nSPS) is 12.2. The Morgan fingerprint density at radius 3 is 2.61 bits per heavy atom. The fraction of sp³-hybridized carbons (Fsp3) is 0.211. The van der Waals surface area contributed by atoms with Crippen LogP contribution in [0.3, 0.4) is 0 Å². The van der Waals surface area contributed by atoms with Crippen molar-refractivity contribution in [3.63, 3.8) is 0 Å². The minimum atomic E-state index is -0.0585. The third kappa shape index (κ3) is 3.93. The molecular weight excluding hydrogens is 308 g/mol. The number of aromatic amines is 1. The molecule has 0 spiro atoms. The molecule has 23 heavy (non-hydrogen) atoms. The van der Waals surface area contributed by atoms with Gasteiger partial charge >= 0.3 is 0 Å². The van der Waals surface area contributed by atoms with Crippen molar-refractivity contribution in [1.29, 1.82) is 0 Å². The number of halogens is 1. The lowest BCUT2D eigenvalue weighted by molar-refractivity contribution is -0.121. The molecule has 2 N–H and O–H groups in total. The lowest BCUT2D eigenvalue weighted by Crippen LogP contribution is -2.38. The Balaban J connectivity index is 1.63. The largest absolute Gasteiger partial charge is 0.361 e. The number of carbonyl (C=O) groups excluding carboxylic acids is 1. The highest BCUT2D eigenvalue weighted by atomic mass is 35.5. The quantitative estimate of drug-likeness (QED) is 0.667. The topological polar surface area (TPSA) is 44.9 Å². The minimum Gasteiger partial charge on any atom is -0.361 e. The summed E-state index contributed by atoms with van der Waals surface area (Å²) in [6.07, 6.45) is 2.99. The first-order chi connectivity index (χ1) is 11.3. The number of benzene rings is 2. The van der Waals surface area contributed by atoms with Gasteiger partial charge in [-0.2, -0.15) is 0 Å². The zero-order chi connectivity index (χ0) is 16.1. The first kappa shape index (κ1) is 15.6.